The van der Waals surface area contributed by atoms with Crippen molar-refractivity contribution in [3.63, 3.8) is 0 Å². The molecule has 80 heavy (non-hydrogen) atoms. The van der Waals surface area contributed by atoms with Crippen molar-refractivity contribution in [3.8, 4) is 12.8 Å². The highest BCUT2D eigenvalue weighted by atomic mass is 19.4. The Morgan fingerprint density at radius 3 is 1.85 bits per heavy atom. The number of likely N-dealkylation sites (N-methyl/N-ethyl adjacent to an activating group) is 1. The van der Waals surface area contributed by atoms with Gasteiger partial charge in [-0.3, -0.25) is 19.3 Å². The minimum Gasteiger partial charge on any atom is -0.349 e. The summed E-state index contributed by atoms with van der Waals surface area (Å²) in [6.45, 7) is 33.6. The number of carbonyl (C=O) groups excluding carboxylic acids is 3. The van der Waals surface area contributed by atoms with Crippen LogP contribution in [0.25, 0.3) is 5.57 Å². The topological polar surface area (TPSA) is 130 Å². The molecule has 0 bridgehead atoms. The summed E-state index contributed by atoms with van der Waals surface area (Å²) in [7, 11) is 1.66. The number of ketones is 2. The van der Waals surface area contributed by atoms with E-state index in [1.807, 2.05) is 53.8 Å². The lowest BCUT2D eigenvalue weighted by Gasteiger charge is -2.29. The molecule has 3 N–H and O–H groups in total. The van der Waals surface area contributed by atoms with Crippen molar-refractivity contribution in [1.82, 2.24) is 30.7 Å². The monoisotopic (exact) mass is 1150 g/mol. The molecule has 2 aromatic rings. The van der Waals surface area contributed by atoms with Crippen LogP contribution in [0.4, 0.5) is 35.1 Å². The lowest BCUT2D eigenvalue weighted by atomic mass is 9.83. The lowest BCUT2D eigenvalue weighted by Crippen LogP contribution is -2.49. The van der Waals surface area contributed by atoms with E-state index in [1.54, 1.807) is 47.7 Å². The molecule has 462 valence electrons. The van der Waals surface area contributed by atoms with Crippen molar-refractivity contribution in [2.75, 3.05) is 13.6 Å². The Morgan fingerprint density at radius 2 is 1.41 bits per heavy atom. The number of amides is 1. The first-order chi connectivity index (χ1) is 37.2. The molecule has 0 aromatic carbocycles. The van der Waals surface area contributed by atoms with E-state index in [4.69, 9.17) is 0 Å². The molecule has 1 saturated carbocycles. The van der Waals surface area contributed by atoms with Crippen LogP contribution in [0.15, 0.2) is 41.2 Å². The number of carbonyl (C=O) groups is 3. The number of aromatic nitrogens is 3. The zero-order chi connectivity index (χ0) is 63.2. The molecule has 10 nitrogen and oxygen atoms in total. The van der Waals surface area contributed by atoms with Crippen LogP contribution < -0.4 is 16.0 Å². The Balaban J connectivity index is -0.000000553. The van der Waals surface area contributed by atoms with E-state index < -0.39 is 47.2 Å². The summed E-state index contributed by atoms with van der Waals surface area (Å²) in [5, 5.41) is 11.4. The highest BCUT2D eigenvalue weighted by Crippen LogP contribution is 2.65. The van der Waals surface area contributed by atoms with Crippen LogP contribution in [0.1, 0.15) is 242 Å². The van der Waals surface area contributed by atoms with E-state index in [0.29, 0.717) is 42.6 Å². The van der Waals surface area contributed by atoms with Gasteiger partial charge >= 0.3 is 18.9 Å². The van der Waals surface area contributed by atoms with Gasteiger partial charge < -0.3 is 20.7 Å². The van der Waals surface area contributed by atoms with Crippen molar-refractivity contribution in [1.29, 1.82) is 0 Å². The highest BCUT2D eigenvalue weighted by molar-refractivity contribution is 5.91. The Morgan fingerprint density at radius 1 is 0.850 bits per heavy atom. The van der Waals surface area contributed by atoms with Crippen molar-refractivity contribution in [2.24, 2.45) is 28.2 Å². The minimum atomic E-state index is -4.63. The number of rotatable bonds is 25. The van der Waals surface area contributed by atoms with E-state index in [1.165, 1.54) is 81.9 Å². The first kappa shape index (κ1) is 81.6. The Bertz CT molecular complexity index is 2140. The van der Waals surface area contributed by atoms with Gasteiger partial charge in [-0.15, -0.1) is 12.8 Å². The number of alkyl halides is 8. The molecule has 0 saturated heterocycles. The van der Waals surface area contributed by atoms with Crippen LogP contribution >= 0.6 is 0 Å². The van der Waals surface area contributed by atoms with Gasteiger partial charge in [0, 0.05) is 47.6 Å². The summed E-state index contributed by atoms with van der Waals surface area (Å²) in [6.07, 6.45) is 14.8. The predicted molar refractivity (Wildman–Crippen MR) is 316 cm³/mol. The van der Waals surface area contributed by atoms with Gasteiger partial charge in [0.1, 0.15) is 17.3 Å². The molecule has 5 unspecified atom stereocenters. The number of terminal acetylenes is 1. The second-order valence-corrected chi connectivity index (χ2v) is 21.0. The summed E-state index contributed by atoms with van der Waals surface area (Å²) in [5.41, 5.74) is -0.781. The minimum absolute atomic E-state index is 0.0370. The van der Waals surface area contributed by atoms with Crippen molar-refractivity contribution in [2.45, 2.75) is 252 Å². The number of hydrogen-bond donors (Lipinski definition) is 3. The van der Waals surface area contributed by atoms with Crippen LogP contribution in [0, 0.1) is 42.9 Å². The SMILES string of the molecule is C#C.CC.CC(C)=O.CCC(C)=N/C=C(\C)c1cc(C(F)(F)F)nn1CC(C)(C)NC(=O)C(C)C/C(=C/NC(F)F)CNC.CCCC.CCCC1(C(=O)C(C)CC)CC1c1ccc(C)nc1C(F)(F)F.CCCCCC(C)CC. The van der Waals surface area contributed by atoms with Crippen molar-refractivity contribution < 1.29 is 49.5 Å². The summed E-state index contributed by atoms with van der Waals surface area (Å²) in [6, 6.07) is 4.08. The number of hydrogen-bond acceptors (Lipinski definition) is 8. The number of nitrogens with zero attached hydrogens (tertiary/aromatic N) is 4. The van der Waals surface area contributed by atoms with Gasteiger partial charge in [-0.05, 0) is 128 Å². The molecule has 2 aromatic heterocycles. The van der Waals surface area contributed by atoms with E-state index in [0.717, 1.165) is 30.5 Å². The maximum atomic E-state index is 13.4. The average molecular weight is 1150 g/mol. The van der Waals surface area contributed by atoms with Crippen LogP contribution in [0.2, 0.25) is 0 Å². The lowest BCUT2D eigenvalue weighted by molar-refractivity contribution is -0.142. The fourth-order valence-corrected chi connectivity index (χ4v) is 7.83. The fourth-order valence-electron chi connectivity index (χ4n) is 7.83. The number of allylic oxidation sites excluding steroid dienone is 1. The van der Waals surface area contributed by atoms with Gasteiger partial charge in [-0.2, -0.15) is 40.2 Å². The molecule has 1 aliphatic carbocycles. The maximum absolute atomic E-state index is 13.4. The fraction of sp³-hybridized carbons (Fsp3) is 0.710. The molecule has 18 heteroatoms. The van der Waals surface area contributed by atoms with Crippen molar-refractivity contribution in [3.05, 3.63) is 64.5 Å². The molecule has 1 amide bonds. The first-order valence-electron chi connectivity index (χ1n) is 28.7. The van der Waals surface area contributed by atoms with E-state index in [2.05, 4.69) is 73.2 Å². The van der Waals surface area contributed by atoms with Crippen LogP contribution in [0.5, 0.6) is 0 Å². The second-order valence-electron chi connectivity index (χ2n) is 21.0. The molecule has 0 aliphatic heterocycles. The van der Waals surface area contributed by atoms with Crippen LogP contribution in [-0.2, 0) is 33.3 Å². The molecular formula is C62H105F8N7O3. The Hall–Kier alpha value is -4.92. The van der Waals surface area contributed by atoms with Gasteiger partial charge in [-0.1, -0.05) is 141 Å². The molecule has 1 fully saturated rings. The molecule has 3 rings (SSSR count). The quantitative estimate of drug-likeness (QED) is 0.0297. The molecular weight excluding hydrogens is 1040 g/mol. The number of Topliss-reactive ketones (excluding diaryl/α,β-unsaturated/α-hetero) is 2. The van der Waals surface area contributed by atoms with E-state index >= 15 is 0 Å². The number of nitrogens with one attached hydrogen (secondary N) is 3. The molecule has 0 radical (unpaired) electrons. The third-order valence-electron chi connectivity index (χ3n) is 12.8. The zero-order valence-corrected chi connectivity index (χ0v) is 52.6. The van der Waals surface area contributed by atoms with E-state index in [-0.39, 0.29) is 53.5 Å². The molecule has 0 spiro atoms. The standard InChI is InChI=1S/C24H37F5N6O.C18H24F3NO.C9H20.C4H10.C3H6O.C2H6.C2H2/c1-8-17(4)31-11-16(3)19-10-20(24(27,28)29)34-35(19)14-23(5,6)33-21(36)15(2)9-18(12-30-7)13-32-22(25)26;1-5-9-17(16(23)11(3)6-2)10-14(17)13-8-7-12(4)22-15(13)18(19,20)21;1-4-6-7-8-9(3)5-2;1-3-4-2;1-3(2)4;2*1-2/h10-11,13,15,22,30,32H,8-9,12,14H2,1-7H3,(H,33,36);7-8,11,14H,5-6,9-10H2,1-4H3;9H,4-8H2,1-3H3;3-4H2,1-2H3;1-2H3;1-2H3;1-2H/b16-11+,18-13-,31-17?;;;;;;. The normalized spacial score (nSPS) is 16.3. The largest absolute Gasteiger partial charge is 0.435 e. The molecule has 1 aliphatic rings. The van der Waals surface area contributed by atoms with Gasteiger partial charge in [0.2, 0.25) is 5.91 Å². The first-order valence-corrected chi connectivity index (χ1v) is 28.7. The Kier molecular flexibility index (Phi) is 43.7. The highest BCUT2D eigenvalue weighted by Gasteiger charge is 2.61. The number of pyridine rings is 1. The van der Waals surface area contributed by atoms with Crippen LogP contribution in [0.3, 0.4) is 0 Å². The third-order valence-corrected chi connectivity index (χ3v) is 12.8. The van der Waals surface area contributed by atoms with E-state index in [9.17, 15) is 49.5 Å². The Labute approximate surface area is 478 Å². The van der Waals surface area contributed by atoms with Gasteiger partial charge in [0.15, 0.2) is 5.69 Å². The summed E-state index contributed by atoms with van der Waals surface area (Å²) < 4.78 is 106. The predicted octanol–water partition coefficient (Wildman–Crippen LogP) is 17.6. The maximum Gasteiger partial charge on any atom is 0.435 e. The van der Waals surface area contributed by atoms with Gasteiger partial charge in [0.25, 0.3) is 0 Å². The summed E-state index contributed by atoms with van der Waals surface area (Å²) >= 11 is 0. The van der Waals surface area contributed by atoms with Crippen LogP contribution in [-0.4, -0.2) is 63.6 Å². The van der Waals surface area contributed by atoms with Crippen molar-refractivity contribution >= 4 is 28.8 Å². The number of halogens is 8. The smallest absolute Gasteiger partial charge is 0.349 e. The number of aliphatic imine (C=N–C) groups is 1. The third kappa shape index (κ3) is 33.7. The van der Waals surface area contributed by atoms with Gasteiger partial charge in [0.05, 0.1) is 17.8 Å². The average Bonchev–Trinajstić information content (AvgIpc) is 3.96. The summed E-state index contributed by atoms with van der Waals surface area (Å²) in [4.78, 5) is 43.0. The molecule has 5 atom stereocenters. The number of aryl methyl sites for hydroxylation is 1. The van der Waals surface area contributed by atoms with Gasteiger partial charge in [-0.25, -0.2) is 4.98 Å². The zero-order valence-electron chi connectivity index (χ0n) is 52.6. The number of unbranched alkanes of at least 4 members (excludes halogenated alkanes) is 3. The summed E-state index contributed by atoms with van der Waals surface area (Å²) in [5.74, 6) is -0.163. The molecule has 2 heterocycles. The second kappa shape index (κ2) is 42.9.